The Morgan fingerprint density at radius 1 is 1.16 bits per heavy atom. The molecule has 1 fully saturated rings. The molecule has 5 nitrogen and oxygen atoms in total. The second kappa shape index (κ2) is 6.70. The predicted octanol–water partition coefficient (Wildman–Crippen LogP) is 1.75. The van der Waals surface area contributed by atoms with Gasteiger partial charge in [0.15, 0.2) is 0 Å². The number of aromatic nitrogens is 2. The van der Waals surface area contributed by atoms with Crippen LogP contribution in [-0.2, 0) is 0 Å². The molecule has 0 amide bonds. The van der Waals surface area contributed by atoms with Crippen LogP contribution in [0.4, 0.5) is 11.8 Å². The molecule has 106 valence electrons. The lowest BCUT2D eigenvalue weighted by Gasteiger charge is -2.34. The fourth-order valence-electron chi connectivity index (χ4n) is 2.30. The van der Waals surface area contributed by atoms with Gasteiger partial charge >= 0.3 is 0 Å². The predicted molar refractivity (Wildman–Crippen MR) is 79.9 cm³/mol. The zero-order valence-electron chi connectivity index (χ0n) is 12.3. The van der Waals surface area contributed by atoms with E-state index < -0.39 is 0 Å². The van der Waals surface area contributed by atoms with E-state index in [0.717, 1.165) is 63.1 Å². The van der Waals surface area contributed by atoms with E-state index >= 15 is 0 Å². The summed E-state index contributed by atoms with van der Waals surface area (Å²) < 4.78 is 0. The molecule has 19 heavy (non-hydrogen) atoms. The fraction of sp³-hybridized carbons (Fsp3) is 0.714. The molecule has 1 saturated heterocycles. The van der Waals surface area contributed by atoms with E-state index in [-0.39, 0.29) is 0 Å². The monoisotopic (exact) mass is 263 g/mol. The number of hydrogen-bond donors (Lipinski definition) is 1. The van der Waals surface area contributed by atoms with Crippen LogP contribution >= 0.6 is 0 Å². The van der Waals surface area contributed by atoms with Crippen LogP contribution in [0.2, 0.25) is 0 Å². The number of aryl methyl sites for hydroxylation is 1. The number of nitrogens with zero attached hydrogens (tertiary/aromatic N) is 4. The molecule has 2 rings (SSSR count). The van der Waals surface area contributed by atoms with Crippen molar-refractivity contribution in [1.29, 1.82) is 0 Å². The van der Waals surface area contributed by atoms with Gasteiger partial charge in [-0.15, -0.1) is 0 Å². The zero-order valence-corrected chi connectivity index (χ0v) is 12.3. The van der Waals surface area contributed by atoms with Crippen molar-refractivity contribution in [1.82, 2.24) is 14.9 Å². The third-order valence-electron chi connectivity index (χ3n) is 3.50. The zero-order chi connectivity index (χ0) is 13.7. The molecule has 1 aromatic rings. The Morgan fingerprint density at radius 3 is 2.53 bits per heavy atom. The molecule has 0 radical (unpaired) electrons. The van der Waals surface area contributed by atoms with Crippen molar-refractivity contribution < 1.29 is 0 Å². The van der Waals surface area contributed by atoms with Gasteiger partial charge in [-0.25, -0.2) is 4.98 Å². The lowest BCUT2D eigenvalue weighted by Crippen LogP contribution is -2.46. The molecule has 0 spiro atoms. The Labute approximate surface area is 116 Å². The van der Waals surface area contributed by atoms with Crippen LogP contribution in [0.3, 0.4) is 0 Å². The van der Waals surface area contributed by atoms with Crippen LogP contribution in [0.15, 0.2) is 6.07 Å². The second-order valence-corrected chi connectivity index (χ2v) is 5.04. The first-order valence-electron chi connectivity index (χ1n) is 7.29. The van der Waals surface area contributed by atoms with Gasteiger partial charge in [-0.3, -0.25) is 0 Å². The van der Waals surface area contributed by atoms with Gasteiger partial charge in [-0.05, 0) is 19.9 Å². The average molecular weight is 263 g/mol. The third-order valence-corrected chi connectivity index (χ3v) is 3.50. The van der Waals surface area contributed by atoms with Gasteiger partial charge in [-0.2, -0.15) is 4.98 Å². The number of likely N-dealkylation sites (N-methyl/N-ethyl adjacent to an activating group) is 1. The summed E-state index contributed by atoms with van der Waals surface area (Å²) >= 11 is 0. The first-order valence-corrected chi connectivity index (χ1v) is 7.29. The highest BCUT2D eigenvalue weighted by Gasteiger charge is 2.18. The molecule has 0 atom stereocenters. The minimum Gasteiger partial charge on any atom is -0.370 e. The average Bonchev–Trinajstić information content (AvgIpc) is 2.44. The minimum absolute atomic E-state index is 0.870. The van der Waals surface area contributed by atoms with Crippen LogP contribution in [-0.4, -0.2) is 54.1 Å². The van der Waals surface area contributed by atoms with Crippen molar-refractivity contribution in [3.63, 3.8) is 0 Å². The highest BCUT2D eigenvalue weighted by atomic mass is 15.3. The Kier molecular flexibility index (Phi) is 4.96. The smallest absolute Gasteiger partial charge is 0.227 e. The Morgan fingerprint density at radius 2 is 1.89 bits per heavy atom. The van der Waals surface area contributed by atoms with Crippen LogP contribution < -0.4 is 10.2 Å². The number of piperazine rings is 1. The van der Waals surface area contributed by atoms with Crippen molar-refractivity contribution in [2.75, 3.05) is 49.5 Å². The summed E-state index contributed by atoms with van der Waals surface area (Å²) in [7, 11) is 0. The van der Waals surface area contributed by atoms with E-state index in [1.807, 2.05) is 13.0 Å². The maximum absolute atomic E-state index is 4.63. The standard InChI is InChI=1S/C14H25N5/c1-4-6-15-13-11-12(3)16-14(17-13)19-9-7-18(5-2)8-10-19/h11H,4-10H2,1-3H3,(H,15,16,17). The minimum atomic E-state index is 0.870. The molecule has 2 heterocycles. The van der Waals surface area contributed by atoms with Gasteiger partial charge in [0.1, 0.15) is 5.82 Å². The maximum atomic E-state index is 4.63. The summed E-state index contributed by atoms with van der Waals surface area (Å²) in [6, 6.07) is 2.02. The van der Waals surface area contributed by atoms with Crippen LogP contribution in [0.5, 0.6) is 0 Å². The first-order chi connectivity index (χ1) is 9.22. The molecule has 1 aromatic heterocycles. The van der Waals surface area contributed by atoms with Crippen LogP contribution in [0.25, 0.3) is 0 Å². The summed E-state index contributed by atoms with van der Waals surface area (Å²) in [6.45, 7) is 12.7. The molecule has 0 unspecified atom stereocenters. The van der Waals surface area contributed by atoms with Crippen molar-refractivity contribution in [3.8, 4) is 0 Å². The van der Waals surface area contributed by atoms with Gasteiger partial charge in [0.25, 0.3) is 0 Å². The molecule has 0 aromatic carbocycles. The third kappa shape index (κ3) is 3.80. The molecule has 0 aliphatic carbocycles. The fourth-order valence-corrected chi connectivity index (χ4v) is 2.30. The van der Waals surface area contributed by atoms with Gasteiger partial charge < -0.3 is 15.1 Å². The number of nitrogens with one attached hydrogen (secondary N) is 1. The van der Waals surface area contributed by atoms with E-state index in [9.17, 15) is 0 Å². The summed E-state index contributed by atoms with van der Waals surface area (Å²) in [5.41, 5.74) is 1.03. The number of anilines is 2. The van der Waals surface area contributed by atoms with Crippen molar-refractivity contribution in [2.24, 2.45) is 0 Å². The van der Waals surface area contributed by atoms with Crippen LogP contribution in [0, 0.1) is 6.92 Å². The maximum Gasteiger partial charge on any atom is 0.227 e. The van der Waals surface area contributed by atoms with E-state index in [1.54, 1.807) is 0 Å². The van der Waals surface area contributed by atoms with E-state index in [0.29, 0.717) is 0 Å². The van der Waals surface area contributed by atoms with Gasteiger partial charge in [-0.1, -0.05) is 13.8 Å². The summed E-state index contributed by atoms with van der Waals surface area (Å²) in [5, 5.41) is 3.35. The normalized spacial score (nSPS) is 16.7. The largest absolute Gasteiger partial charge is 0.370 e. The molecular formula is C14H25N5. The molecule has 1 aliphatic heterocycles. The first kappa shape index (κ1) is 14.1. The molecule has 5 heteroatoms. The van der Waals surface area contributed by atoms with Gasteiger partial charge in [0, 0.05) is 44.5 Å². The molecular weight excluding hydrogens is 238 g/mol. The molecule has 0 saturated carbocycles. The summed E-state index contributed by atoms with van der Waals surface area (Å²) in [5.74, 6) is 1.82. The molecule has 1 aliphatic rings. The van der Waals surface area contributed by atoms with Gasteiger partial charge in [0.2, 0.25) is 5.95 Å². The second-order valence-electron chi connectivity index (χ2n) is 5.04. The van der Waals surface area contributed by atoms with Crippen LogP contribution in [0.1, 0.15) is 26.0 Å². The Balaban J connectivity index is 2.05. The highest BCUT2D eigenvalue weighted by Crippen LogP contribution is 2.15. The summed E-state index contributed by atoms with van der Waals surface area (Å²) in [6.07, 6.45) is 1.10. The van der Waals surface area contributed by atoms with E-state index in [2.05, 4.69) is 38.9 Å². The van der Waals surface area contributed by atoms with Crippen molar-refractivity contribution in [2.45, 2.75) is 27.2 Å². The lowest BCUT2D eigenvalue weighted by molar-refractivity contribution is 0.270. The topological polar surface area (TPSA) is 44.3 Å². The quantitative estimate of drug-likeness (QED) is 0.877. The Hall–Kier alpha value is -1.36. The summed E-state index contributed by atoms with van der Waals surface area (Å²) in [4.78, 5) is 14.0. The van der Waals surface area contributed by atoms with Crippen molar-refractivity contribution in [3.05, 3.63) is 11.8 Å². The number of rotatable bonds is 5. The molecule has 1 N–H and O–H groups in total. The Bertz CT molecular complexity index is 399. The molecule has 0 bridgehead atoms. The highest BCUT2D eigenvalue weighted by molar-refractivity contribution is 5.43. The SMILES string of the molecule is CCCNc1cc(C)nc(N2CCN(CC)CC2)n1. The lowest BCUT2D eigenvalue weighted by atomic mass is 10.3. The van der Waals surface area contributed by atoms with E-state index in [1.165, 1.54) is 0 Å². The number of hydrogen-bond acceptors (Lipinski definition) is 5. The van der Waals surface area contributed by atoms with Gasteiger partial charge in [0.05, 0.1) is 0 Å². The van der Waals surface area contributed by atoms with Crippen molar-refractivity contribution >= 4 is 11.8 Å². The van der Waals surface area contributed by atoms with E-state index in [4.69, 9.17) is 0 Å².